The lowest BCUT2D eigenvalue weighted by atomic mass is 10.9. The zero-order chi connectivity index (χ0) is 4.12. The molecule has 2 N–H and O–H groups in total. The van der Waals surface area contributed by atoms with Crippen molar-refractivity contribution in [1.82, 2.24) is 0 Å². The largest absolute Gasteiger partial charge is 0.303 e. The molecule has 0 aromatic carbocycles. The van der Waals surface area contributed by atoms with Gasteiger partial charge in [-0.15, -0.1) is 11.6 Å². The highest BCUT2D eigenvalue weighted by Crippen LogP contribution is 1.68. The molecule has 0 aliphatic rings. The molecule has 0 aromatic heterocycles. The molecule has 0 spiro atoms. The van der Waals surface area contributed by atoms with Crippen LogP contribution in [0, 0.1) is 0 Å². The summed E-state index contributed by atoms with van der Waals surface area (Å²) >= 11 is 5.10. The van der Waals surface area contributed by atoms with Gasteiger partial charge in [0.2, 0.25) is 0 Å². The first-order chi connectivity index (χ1) is 2.41. The zero-order valence-corrected chi connectivity index (χ0v) is 3.53. The van der Waals surface area contributed by atoms with Crippen LogP contribution in [0.1, 0.15) is 0 Å². The second-order valence-electron chi connectivity index (χ2n) is 0.560. The summed E-state index contributed by atoms with van der Waals surface area (Å²) in [5.74, 6) is 5.02. The van der Waals surface area contributed by atoms with Crippen molar-refractivity contribution in [3.8, 4) is 0 Å². The van der Waals surface area contributed by atoms with Gasteiger partial charge in [0, 0.05) is 5.88 Å². The molecule has 0 atom stereocenters. The number of rotatable bonds is 2. The third-order valence-electron chi connectivity index (χ3n) is 0.195. The standard InChI is InChI=1S/C2H6ClNO/c3-1-2-5-4/h1-2,4H2. The van der Waals surface area contributed by atoms with Gasteiger partial charge >= 0.3 is 0 Å². The minimum atomic E-state index is 0.432. The maximum absolute atomic E-state index is 5.10. The molecule has 0 aromatic rings. The predicted octanol–water partition coefficient (Wildman–Crippen LogP) is 0.115. The monoisotopic (exact) mass is 95.0 g/mol. The normalized spacial score (nSPS) is 8.40. The Labute approximate surface area is 35.8 Å². The number of nitrogens with two attached hydrogens (primary N) is 1. The lowest BCUT2D eigenvalue weighted by molar-refractivity contribution is 0.154. The van der Waals surface area contributed by atoms with E-state index in [4.69, 9.17) is 11.6 Å². The van der Waals surface area contributed by atoms with Crippen LogP contribution in [-0.4, -0.2) is 12.5 Å². The molecule has 0 radical (unpaired) electrons. The van der Waals surface area contributed by atoms with E-state index in [1.54, 1.807) is 0 Å². The summed E-state index contributed by atoms with van der Waals surface area (Å²) in [7, 11) is 0. The third-order valence-corrected chi connectivity index (χ3v) is 0.349. The quantitative estimate of drug-likeness (QED) is 0.391. The van der Waals surface area contributed by atoms with Crippen molar-refractivity contribution >= 4 is 11.6 Å². The number of alkyl halides is 1. The number of hydrogen-bond acceptors (Lipinski definition) is 2. The van der Waals surface area contributed by atoms with Gasteiger partial charge in [-0.1, -0.05) is 0 Å². The van der Waals surface area contributed by atoms with E-state index in [0.29, 0.717) is 12.5 Å². The van der Waals surface area contributed by atoms with E-state index >= 15 is 0 Å². The fraction of sp³-hybridized carbons (Fsp3) is 1.00. The van der Waals surface area contributed by atoms with E-state index in [1.165, 1.54) is 0 Å². The summed E-state index contributed by atoms with van der Waals surface area (Å²) in [4.78, 5) is 4.06. The number of hydrogen-bond donors (Lipinski definition) is 1. The van der Waals surface area contributed by atoms with Crippen molar-refractivity contribution in [3.63, 3.8) is 0 Å². The van der Waals surface area contributed by atoms with Crippen LogP contribution in [0.25, 0.3) is 0 Å². The van der Waals surface area contributed by atoms with Gasteiger partial charge in [-0.05, 0) is 0 Å². The Bertz CT molecular complexity index is 17.1. The molecule has 0 amide bonds. The Balaban J connectivity index is 2.19. The van der Waals surface area contributed by atoms with Crippen molar-refractivity contribution < 1.29 is 4.84 Å². The van der Waals surface area contributed by atoms with E-state index in [9.17, 15) is 0 Å². The van der Waals surface area contributed by atoms with Gasteiger partial charge < -0.3 is 4.84 Å². The van der Waals surface area contributed by atoms with Crippen LogP contribution in [-0.2, 0) is 4.84 Å². The average molecular weight is 95.5 g/mol. The molecule has 0 rings (SSSR count). The Morgan fingerprint density at radius 1 is 1.80 bits per heavy atom. The van der Waals surface area contributed by atoms with Gasteiger partial charge in [-0.3, -0.25) is 0 Å². The summed E-state index contributed by atoms with van der Waals surface area (Å²) in [6.45, 7) is 0.432. The minimum Gasteiger partial charge on any atom is -0.303 e. The lowest BCUT2D eigenvalue weighted by Gasteiger charge is -1.82. The Morgan fingerprint density at radius 3 is 2.40 bits per heavy atom. The maximum Gasteiger partial charge on any atom is 0.0814 e. The van der Waals surface area contributed by atoms with Crippen LogP contribution in [0.2, 0.25) is 0 Å². The van der Waals surface area contributed by atoms with Gasteiger partial charge in [0.15, 0.2) is 0 Å². The molecule has 5 heavy (non-hydrogen) atoms. The smallest absolute Gasteiger partial charge is 0.0814 e. The van der Waals surface area contributed by atoms with Crippen LogP contribution in [0.4, 0.5) is 0 Å². The summed E-state index contributed by atoms with van der Waals surface area (Å²) in [5, 5.41) is 0. The molecule has 32 valence electrons. The number of halogens is 1. The lowest BCUT2D eigenvalue weighted by Crippen LogP contribution is -2.00. The molecular formula is C2H6ClNO. The van der Waals surface area contributed by atoms with E-state index in [1.807, 2.05) is 0 Å². The third kappa shape index (κ3) is 4.21. The zero-order valence-electron chi connectivity index (χ0n) is 2.78. The molecule has 0 bridgehead atoms. The Hall–Kier alpha value is 0.210. The molecule has 2 nitrogen and oxygen atoms in total. The highest BCUT2D eigenvalue weighted by atomic mass is 35.5. The van der Waals surface area contributed by atoms with Gasteiger partial charge in [0.05, 0.1) is 6.61 Å². The molecule has 0 fully saturated rings. The topological polar surface area (TPSA) is 35.2 Å². The van der Waals surface area contributed by atoms with E-state index < -0.39 is 0 Å². The average Bonchev–Trinajstić information content (AvgIpc) is 1.41. The summed E-state index contributed by atoms with van der Waals surface area (Å²) in [5.41, 5.74) is 0. The Kier molecular flexibility index (Phi) is 4.39. The van der Waals surface area contributed by atoms with Gasteiger partial charge in [-0.25, -0.2) is 5.90 Å². The second-order valence-corrected chi connectivity index (χ2v) is 0.938. The van der Waals surface area contributed by atoms with E-state index in [0.717, 1.165) is 0 Å². The first-order valence-electron chi connectivity index (χ1n) is 1.29. The summed E-state index contributed by atoms with van der Waals surface area (Å²) < 4.78 is 0. The molecule has 0 saturated carbocycles. The van der Waals surface area contributed by atoms with Crippen LogP contribution in [0.15, 0.2) is 0 Å². The predicted molar refractivity (Wildman–Crippen MR) is 20.9 cm³/mol. The summed E-state index contributed by atoms with van der Waals surface area (Å²) in [6.07, 6.45) is 0. The highest BCUT2D eigenvalue weighted by Gasteiger charge is 1.69. The molecule has 0 saturated heterocycles. The SMILES string of the molecule is NOCCCl. The van der Waals surface area contributed by atoms with Crippen molar-refractivity contribution in [1.29, 1.82) is 0 Å². The van der Waals surface area contributed by atoms with Gasteiger partial charge in [0.25, 0.3) is 0 Å². The van der Waals surface area contributed by atoms with Gasteiger partial charge in [-0.2, -0.15) is 0 Å². The second kappa shape index (κ2) is 4.21. The van der Waals surface area contributed by atoms with Gasteiger partial charge in [0.1, 0.15) is 0 Å². The maximum atomic E-state index is 5.10. The van der Waals surface area contributed by atoms with Crippen LogP contribution in [0.3, 0.4) is 0 Å². The fourth-order valence-electron chi connectivity index (χ4n) is 0.0445. The van der Waals surface area contributed by atoms with Crippen LogP contribution >= 0.6 is 11.6 Å². The molecule has 0 aliphatic heterocycles. The molecular weight excluding hydrogens is 89.5 g/mol. The first-order valence-corrected chi connectivity index (χ1v) is 1.83. The highest BCUT2D eigenvalue weighted by molar-refractivity contribution is 6.17. The molecule has 3 heteroatoms. The molecule has 0 aliphatic carbocycles. The minimum absolute atomic E-state index is 0.432. The van der Waals surface area contributed by atoms with E-state index in [-0.39, 0.29) is 0 Å². The van der Waals surface area contributed by atoms with Crippen molar-refractivity contribution in [3.05, 3.63) is 0 Å². The summed E-state index contributed by atoms with van der Waals surface area (Å²) in [6, 6.07) is 0. The first kappa shape index (κ1) is 5.21. The Morgan fingerprint density at radius 2 is 2.40 bits per heavy atom. The van der Waals surface area contributed by atoms with Crippen molar-refractivity contribution in [2.75, 3.05) is 12.5 Å². The molecule has 0 unspecified atom stereocenters. The van der Waals surface area contributed by atoms with Crippen LogP contribution in [0.5, 0.6) is 0 Å². The fourth-order valence-corrected chi connectivity index (χ4v) is 0.134. The van der Waals surface area contributed by atoms with Crippen molar-refractivity contribution in [2.24, 2.45) is 5.90 Å². The van der Waals surface area contributed by atoms with Crippen molar-refractivity contribution in [2.45, 2.75) is 0 Å². The molecule has 0 heterocycles. The van der Waals surface area contributed by atoms with Crippen LogP contribution < -0.4 is 5.90 Å². The van der Waals surface area contributed by atoms with E-state index in [2.05, 4.69) is 10.7 Å².